The summed E-state index contributed by atoms with van der Waals surface area (Å²) in [7, 11) is 1.33. The first-order valence-electron chi connectivity index (χ1n) is 12.2. The summed E-state index contributed by atoms with van der Waals surface area (Å²) in [6.07, 6.45) is 1.74. The number of methoxy groups -OCH3 is 1. The van der Waals surface area contributed by atoms with E-state index in [0.717, 1.165) is 33.6 Å². The molecule has 0 spiro atoms. The van der Waals surface area contributed by atoms with E-state index in [1.165, 1.54) is 30.2 Å². The highest BCUT2D eigenvalue weighted by molar-refractivity contribution is 7.99. The van der Waals surface area contributed by atoms with E-state index in [0.29, 0.717) is 28.1 Å². The van der Waals surface area contributed by atoms with Crippen molar-refractivity contribution in [2.75, 3.05) is 18.2 Å². The zero-order valence-electron chi connectivity index (χ0n) is 22.3. The number of thiophene rings is 1. The van der Waals surface area contributed by atoms with Crippen LogP contribution in [0.1, 0.15) is 32.9 Å². The molecule has 0 bridgehead atoms. The molecule has 0 saturated heterocycles. The predicted octanol–water partition coefficient (Wildman–Crippen LogP) is 6.21. The Morgan fingerprint density at radius 1 is 1.08 bits per heavy atom. The van der Waals surface area contributed by atoms with Gasteiger partial charge in [0.2, 0.25) is 5.91 Å². The number of amides is 1. The largest absolute Gasteiger partial charge is 0.486 e. The molecule has 0 aliphatic rings. The minimum Gasteiger partial charge on any atom is -0.486 e. The molecule has 0 saturated carbocycles. The molecule has 1 amide bonds. The van der Waals surface area contributed by atoms with Gasteiger partial charge in [0, 0.05) is 17.5 Å². The lowest BCUT2D eigenvalue weighted by atomic mass is 9.97. The molecule has 2 heterocycles. The van der Waals surface area contributed by atoms with Gasteiger partial charge in [-0.3, -0.25) is 9.36 Å². The minimum absolute atomic E-state index is 0.0748. The average Bonchev–Trinajstić information content (AvgIpc) is 3.52. The van der Waals surface area contributed by atoms with Crippen molar-refractivity contribution in [1.82, 2.24) is 14.8 Å². The Labute approximate surface area is 236 Å². The first-order chi connectivity index (χ1) is 18.8. The Bertz CT molecular complexity index is 1490. The highest BCUT2D eigenvalue weighted by atomic mass is 32.2. The van der Waals surface area contributed by atoms with Crippen LogP contribution in [0.4, 0.5) is 5.00 Å². The second-order valence-electron chi connectivity index (χ2n) is 8.90. The molecule has 0 radical (unpaired) electrons. The first-order valence-corrected chi connectivity index (χ1v) is 14.1. The number of nitrogens with one attached hydrogen (secondary N) is 1. The Kier molecular flexibility index (Phi) is 9.21. The number of aromatic nitrogens is 3. The Hall–Kier alpha value is -3.89. The molecule has 0 unspecified atom stereocenters. The van der Waals surface area contributed by atoms with Crippen LogP contribution in [0.15, 0.2) is 65.7 Å². The van der Waals surface area contributed by atoms with E-state index in [2.05, 4.69) is 22.1 Å². The Morgan fingerprint density at radius 2 is 1.82 bits per heavy atom. The van der Waals surface area contributed by atoms with Gasteiger partial charge in [0.1, 0.15) is 22.9 Å². The van der Waals surface area contributed by atoms with Gasteiger partial charge >= 0.3 is 5.97 Å². The third-order valence-electron chi connectivity index (χ3n) is 5.94. The Balaban J connectivity index is 1.47. The number of benzene rings is 2. The number of hydrogen-bond acceptors (Lipinski definition) is 8. The third-order valence-corrected chi connectivity index (χ3v) is 7.81. The van der Waals surface area contributed by atoms with E-state index in [4.69, 9.17) is 9.47 Å². The predicted molar refractivity (Wildman–Crippen MR) is 156 cm³/mol. The van der Waals surface area contributed by atoms with Crippen LogP contribution in [0, 0.1) is 20.8 Å². The molecule has 1 N–H and O–H groups in total. The summed E-state index contributed by atoms with van der Waals surface area (Å²) in [4.78, 5) is 25.7. The summed E-state index contributed by atoms with van der Waals surface area (Å²) in [5.74, 6) is 0.665. The van der Waals surface area contributed by atoms with Crippen molar-refractivity contribution >= 4 is 40.0 Å². The summed E-state index contributed by atoms with van der Waals surface area (Å²) in [5.41, 5.74) is 5.27. The van der Waals surface area contributed by atoms with E-state index in [-0.39, 0.29) is 18.3 Å². The fourth-order valence-electron chi connectivity index (χ4n) is 3.90. The van der Waals surface area contributed by atoms with Crippen LogP contribution in [0.5, 0.6) is 5.75 Å². The Morgan fingerprint density at radius 3 is 2.54 bits per heavy atom. The molecule has 2 aromatic heterocycles. The zero-order valence-corrected chi connectivity index (χ0v) is 23.9. The molecule has 8 nitrogen and oxygen atoms in total. The van der Waals surface area contributed by atoms with Crippen molar-refractivity contribution in [3.05, 3.63) is 88.6 Å². The van der Waals surface area contributed by atoms with Crippen LogP contribution >= 0.6 is 23.1 Å². The van der Waals surface area contributed by atoms with Crippen molar-refractivity contribution in [3.8, 4) is 16.9 Å². The number of hydrogen-bond donors (Lipinski definition) is 1. The molecule has 0 fully saturated rings. The van der Waals surface area contributed by atoms with Gasteiger partial charge < -0.3 is 14.8 Å². The number of nitrogens with zero attached hydrogens (tertiary/aromatic N) is 3. The highest BCUT2D eigenvalue weighted by Crippen LogP contribution is 2.38. The van der Waals surface area contributed by atoms with Crippen molar-refractivity contribution in [2.45, 2.75) is 39.1 Å². The summed E-state index contributed by atoms with van der Waals surface area (Å²) in [6, 6.07) is 13.8. The van der Waals surface area contributed by atoms with Crippen molar-refractivity contribution < 1.29 is 19.1 Å². The maximum atomic E-state index is 13.0. The maximum absolute atomic E-state index is 13.0. The molecular formula is C29H30N4O4S2. The standard InChI is InChI=1S/C29H30N4O4S2/c1-6-13-33-24(15-37-21-11-8-18(2)9-12-21)31-32-29(33)39-17-25(34)30-27-26(28(35)36-5)23(16-38-27)22-14-19(3)7-10-20(22)4/h6-12,14,16H,1,13,15,17H2,2-5H3,(H,30,34). The SMILES string of the molecule is C=CCn1c(COc2ccc(C)cc2)nnc1SCC(=O)Nc1scc(-c2cc(C)ccc2C)c1C(=O)OC. The average molecular weight is 563 g/mol. The van der Waals surface area contributed by atoms with Crippen molar-refractivity contribution in [1.29, 1.82) is 0 Å². The fourth-order valence-corrected chi connectivity index (χ4v) is 5.63. The summed E-state index contributed by atoms with van der Waals surface area (Å²) in [6.45, 7) is 10.5. The third kappa shape index (κ3) is 6.76. The lowest BCUT2D eigenvalue weighted by Gasteiger charge is -2.11. The molecule has 0 atom stereocenters. The second kappa shape index (κ2) is 12.8. The van der Waals surface area contributed by atoms with Gasteiger partial charge in [-0.05, 0) is 44.0 Å². The molecule has 4 aromatic rings. The lowest BCUT2D eigenvalue weighted by molar-refractivity contribution is -0.113. The first kappa shape index (κ1) is 28.1. The number of thioether (sulfide) groups is 1. The number of allylic oxidation sites excluding steroid dienone is 1. The van der Waals surface area contributed by atoms with Crippen LogP contribution in [0.25, 0.3) is 11.1 Å². The molecular weight excluding hydrogens is 532 g/mol. The number of carbonyl (C=O) groups is 2. The summed E-state index contributed by atoms with van der Waals surface area (Å²) in [5, 5.41) is 14.3. The van der Waals surface area contributed by atoms with Crippen LogP contribution in [-0.4, -0.2) is 39.5 Å². The zero-order chi connectivity index (χ0) is 27.9. The fraction of sp³-hybridized carbons (Fsp3) is 0.241. The van der Waals surface area contributed by atoms with Gasteiger partial charge in [-0.1, -0.05) is 59.3 Å². The van der Waals surface area contributed by atoms with Crippen LogP contribution < -0.4 is 10.1 Å². The molecule has 39 heavy (non-hydrogen) atoms. The summed E-state index contributed by atoms with van der Waals surface area (Å²) < 4.78 is 12.8. The van der Waals surface area contributed by atoms with E-state index >= 15 is 0 Å². The minimum atomic E-state index is -0.501. The number of aryl methyl sites for hydroxylation is 3. The summed E-state index contributed by atoms with van der Waals surface area (Å²) >= 11 is 2.54. The molecule has 2 aromatic carbocycles. The van der Waals surface area contributed by atoms with Gasteiger partial charge in [0.05, 0.1) is 12.9 Å². The number of anilines is 1. The van der Waals surface area contributed by atoms with E-state index in [9.17, 15) is 9.59 Å². The molecule has 0 aliphatic carbocycles. The van der Waals surface area contributed by atoms with E-state index in [1.807, 2.05) is 73.2 Å². The lowest BCUT2D eigenvalue weighted by Crippen LogP contribution is -2.16. The number of carbonyl (C=O) groups excluding carboxylic acids is 2. The van der Waals surface area contributed by atoms with Crippen LogP contribution in [-0.2, 0) is 22.7 Å². The maximum Gasteiger partial charge on any atom is 0.341 e. The van der Waals surface area contributed by atoms with E-state index in [1.54, 1.807) is 6.08 Å². The smallest absolute Gasteiger partial charge is 0.341 e. The van der Waals surface area contributed by atoms with Crippen LogP contribution in [0.2, 0.25) is 0 Å². The normalized spacial score (nSPS) is 10.8. The molecule has 10 heteroatoms. The van der Waals surface area contributed by atoms with Crippen molar-refractivity contribution in [2.24, 2.45) is 0 Å². The number of ether oxygens (including phenoxy) is 2. The van der Waals surface area contributed by atoms with Gasteiger partial charge in [-0.25, -0.2) is 4.79 Å². The number of esters is 1. The number of rotatable bonds is 11. The molecule has 4 rings (SSSR count). The van der Waals surface area contributed by atoms with E-state index < -0.39 is 5.97 Å². The quantitative estimate of drug-likeness (QED) is 0.132. The molecule has 202 valence electrons. The molecule has 0 aliphatic heterocycles. The topological polar surface area (TPSA) is 95.3 Å². The van der Waals surface area contributed by atoms with Crippen molar-refractivity contribution in [3.63, 3.8) is 0 Å². The second-order valence-corrected chi connectivity index (χ2v) is 10.7. The van der Waals surface area contributed by atoms with Gasteiger partial charge in [0.25, 0.3) is 0 Å². The highest BCUT2D eigenvalue weighted by Gasteiger charge is 2.24. The monoisotopic (exact) mass is 562 g/mol. The van der Waals surface area contributed by atoms with Gasteiger partial charge in [-0.15, -0.1) is 28.1 Å². The van der Waals surface area contributed by atoms with Gasteiger partial charge in [-0.2, -0.15) is 0 Å². The van der Waals surface area contributed by atoms with Gasteiger partial charge in [0.15, 0.2) is 11.0 Å². The van der Waals surface area contributed by atoms with Crippen LogP contribution in [0.3, 0.4) is 0 Å².